The molecule has 0 unspecified atom stereocenters. The molecule has 0 saturated heterocycles. The molecule has 0 bridgehead atoms. The molecular formula is C10H22N2O2. The van der Waals surface area contributed by atoms with Crippen LogP contribution in [0.1, 0.15) is 34.1 Å². The minimum absolute atomic E-state index is 0.437. The van der Waals surface area contributed by atoms with Gasteiger partial charge in [0, 0.05) is 5.54 Å². The summed E-state index contributed by atoms with van der Waals surface area (Å²) in [6, 6.07) is 0. The maximum Gasteiger partial charge on any atom is 0.310 e. The second kappa shape index (κ2) is 4.75. The summed E-state index contributed by atoms with van der Waals surface area (Å²) < 4.78 is 0. The van der Waals surface area contributed by atoms with Crippen molar-refractivity contribution in [1.29, 1.82) is 0 Å². The monoisotopic (exact) mass is 202 g/mol. The number of aliphatic carboxylic acids is 1. The molecule has 0 saturated carbocycles. The lowest BCUT2D eigenvalue weighted by Gasteiger charge is -2.39. The van der Waals surface area contributed by atoms with Crippen LogP contribution >= 0.6 is 0 Å². The van der Waals surface area contributed by atoms with Gasteiger partial charge in [-0.1, -0.05) is 0 Å². The van der Waals surface area contributed by atoms with E-state index < -0.39 is 16.9 Å². The van der Waals surface area contributed by atoms with Gasteiger partial charge in [0.1, 0.15) is 0 Å². The first-order valence-electron chi connectivity index (χ1n) is 4.94. The van der Waals surface area contributed by atoms with E-state index in [1.165, 1.54) is 0 Å². The highest BCUT2D eigenvalue weighted by atomic mass is 16.4. The van der Waals surface area contributed by atoms with Crippen molar-refractivity contribution in [3.63, 3.8) is 0 Å². The molecule has 84 valence electrons. The van der Waals surface area contributed by atoms with Crippen LogP contribution in [-0.4, -0.2) is 29.7 Å². The smallest absolute Gasteiger partial charge is 0.310 e. The summed E-state index contributed by atoms with van der Waals surface area (Å²) in [6.45, 7) is 8.63. The van der Waals surface area contributed by atoms with Crippen LogP contribution in [0.4, 0.5) is 0 Å². The minimum atomic E-state index is -0.790. The molecule has 4 heteroatoms. The Bertz CT molecular complexity index is 200. The Morgan fingerprint density at radius 3 is 2.21 bits per heavy atom. The van der Waals surface area contributed by atoms with Crippen molar-refractivity contribution in [2.45, 2.75) is 39.7 Å². The van der Waals surface area contributed by atoms with Crippen molar-refractivity contribution in [2.24, 2.45) is 11.1 Å². The summed E-state index contributed by atoms with van der Waals surface area (Å²) in [7, 11) is 0. The Kier molecular flexibility index (Phi) is 4.55. The highest BCUT2D eigenvalue weighted by Crippen LogP contribution is 2.30. The highest BCUT2D eigenvalue weighted by Gasteiger charge is 2.42. The lowest BCUT2D eigenvalue weighted by molar-refractivity contribution is -0.151. The zero-order valence-electron chi connectivity index (χ0n) is 9.55. The third-order valence-corrected chi connectivity index (χ3v) is 3.05. The number of hydrogen-bond acceptors (Lipinski definition) is 3. The molecular weight excluding hydrogens is 180 g/mol. The van der Waals surface area contributed by atoms with E-state index in [-0.39, 0.29) is 0 Å². The number of nitrogens with one attached hydrogen (secondary N) is 1. The first-order valence-corrected chi connectivity index (χ1v) is 4.94. The number of rotatable bonds is 6. The zero-order valence-corrected chi connectivity index (χ0v) is 9.55. The minimum Gasteiger partial charge on any atom is -0.481 e. The molecule has 0 rings (SSSR count). The Morgan fingerprint density at radius 2 is 1.86 bits per heavy atom. The molecule has 0 radical (unpaired) electrons. The summed E-state index contributed by atoms with van der Waals surface area (Å²) >= 11 is 0. The number of nitrogens with two attached hydrogens (primary N) is 1. The predicted octanol–water partition coefficient (Wildman–Crippen LogP) is 0.814. The fourth-order valence-electron chi connectivity index (χ4n) is 0.991. The van der Waals surface area contributed by atoms with Gasteiger partial charge in [-0.15, -0.1) is 0 Å². The summed E-state index contributed by atoms with van der Waals surface area (Å²) in [5.41, 5.74) is 4.14. The Hall–Kier alpha value is -0.610. The average molecular weight is 202 g/mol. The van der Waals surface area contributed by atoms with Gasteiger partial charge in [-0.2, -0.15) is 0 Å². The fraction of sp³-hybridized carbons (Fsp3) is 0.900. The van der Waals surface area contributed by atoms with Gasteiger partial charge in [0.15, 0.2) is 0 Å². The molecule has 0 aromatic carbocycles. The molecule has 0 aromatic rings. The third kappa shape index (κ3) is 2.96. The molecule has 0 aromatic heterocycles. The van der Waals surface area contributed by atoms with E-state index in [1.807, 2.05) is 13.8 Å². The van der Waals surface area contributed by atoms with Gasteiger partial charge in [0.2, 0.25) is 0 Å². The van der Waals surface area contributed by atoms with E-state index in [1.54, 1.807) is 13.8 Å². The molecule has 0 spiro atoms. The lowest BCUT2D eigenvalue weighted by Crippen LogP contribution is -2.55. The quantitative estimate of drug-likeness (QED) is 0.557. The van der Waals surface area contributed by atoms with Crippen LogP contribution in [0.5, 0.6) is 0 Å². The Morgan fingerprint density at radius 1 is 1.36 bits per heavy atom. The molecule has 4 N–H and O–H groups in total. The second-order valence-corrected chi connectivity index (χ2v) is 4.62. The molecule has 0 heterocycles. The number of carbonyl (C=O) groups is 1. The number of carboxylic acids is 1. The van der Waals surface area contributed by atoms with Gasteiger partial charge in [-0.25, -0.2) is 0 Å². The molecule has 0 aliphatic rings. The van der Waals surface area contributed by atoms with Crippen molar-refractivity contribution in [2.75, 3.05) is 13.1 Å². The van der Waals surface area contributed by atoms with Crippen LogP contribution in [0.3, 0.4) is 0 Å². The maximum atomic E-state index is 11.0. The van der Waals surface area contributed by atoms with Crippen molar-refractivity contribution in [3.05, 3.63) is 0 Å². The van der Waals surface area contributed by atoms with Crippen LogP contribution in [0, 0.1) is 5.41 Å². The fourth-order valence-corrected chi connectivity index (χ4v) is 0.991. The Labute approximate surface area is 85.9 Å². The first kappa shape index (κ1) is 13.4. The molecule has 0 amide bonds. The van der Waals surface area contributed by atoms with E-state index in [4.69, 9.17) is 10.8 Å². The second-order valence-electron chi connectivity index (χ2n) is 4.62. The van der Waals surface area contributed by atoms with Crippen LogP contribution in [-0.2, 0) is 4.79 Å². The van der Waals surface area contributed by atoms with E-state index in [0.29, 0.717) is 6.54 Å². The first-order chi connectivity index (χ1) is 6.25. The Balaban J connectivity index is 4.36. The van der Waals surface area contributed by atoms with Crippen molar-refractivity contribution in [1.82, 2.24) is 5.32 Å². The van der Waals surface area contributed by atoms with Gasteiger partial charge >= 0.3 is 5.97 Å². The summed E-state index contributed by atoms with van der Waals surface area (Å²) in [5, 5.41) is 12.3. The van der Waals surface area contributed by atoms with Crippen LogP contribution in [0.2, 0.25) is 0 Å². The van der Waals surface area contributed by atoms with Crippen molar-refractivity contribution in [3.8, 4) is 0 Å². The van der Waals surface area contributed by atoms with Crippen LogP contribution < -0.4 is 11.1 Å². The topological polar surface area (TPSA) is 75.3 Å². The zero-order chi connectivity index (χ0) is 11.4. The van der Waals surface area contributed by atoms with Crippen LogP contribution in [0.25, 0.3) is 0 Å². The molecule has 0 fully saturated rings. The van der Waals surface area contributed by atoms with Gasteiger partial charge in [-0.3, -0.25) is 4.79 Å². The number of hydrogen-bond donors (Lipinski definition) is 3. The summed E-state index contributed by atoms with van der Waals surface area (Å²) in [6.07, 6.45) is 0.860. The molecule has 14 heavy (non-hydrogen) atoms. The van der Waals surface area contributed by atoms with Crippen molar-refractivity contribution >= 4 is 5.97 Å². The standard InChI is InChI=1S/C10H22N2O2/c1-9(2,8(13)14)10(3,4)12-7-5-6-11/h12H,5-7,11H2,1-4H3,(H,13,14). The predicted molar refractivity (Wildman–Crippen MR) is 57.2 cm³/mol. The van der Waals surface area contributed by atoms with E-state index >= 15 is 0 Å². The van der Waals surface area contributed by atoms with Crippen molar-refractivity contribution < 1.29 is 9.90 Å². The van der Waals surface area contributed by atoms with E-state index in [9.17, 15) is 4.79 Å². The summed E-state index contributed by atoms with van der Waals surface area (Å²) in [4.78, 5) is 11.0. The molecule has 0 aliphatic carbocycles. The molecule has 0 aliphatic heterocycles. The van der Waals surface area contributed by atoms with Gasteiger partial charge < -0.3 is 16.2 Å². The number of carboxylic acid groups (broad SMARTS) is 1. The van der Waals surface area contributed by atoms with Gasteiger partial charge in [0.05, 0.1) is 5.41 Å². The normalized spacial score (nSPS) is 12.9. The largest absolute Gasteiger partial charge is 0.481 e. The van der Waals surface area contributed by atoms with Crippen LogP contribution in [0.15, 0.2) is 0 Å². The van der Waals surface area contributed by atoms with E-state index in [0.717, 1.165) is 13.0 Å². The average Bonchev–Trinajstić information content (AvgIpc) is 2.04. The lowest BCUT2D eigenvalue weighted by atomic mass is 9.74. The van der Waals surface area contributed by atoms with Gasteiger partial charge in [0.25, 0.3) is 0 Å². The molecule has 4 nitrogen and oxygen atoms in total. The van der Waals surface area contributed by atoms with Gasteiger partial charge in [-0.05, 0) is 47.2 Å². The SMILES string of the molecule is CC(C)(NCCCN)C(C)(C)C(=O)O. The summed E-state index contributed by atoms with van der Waals surface area (Å²) in [5.74, 6) is -0.789. The third-order valence-electron chi connectivity index (χ3n) is 3.05. The maximum absolute atomic E-state index is 11.0. The highest BCUT2D eigenvalue weighted by molar-refractivity contribution is 5.75. The van der Waals surface area contributed by atoms with E-state index in [2.05, 4.69) is 5.32 Å². The molecule has 0 atom stereocenters.